The number of fused-ring (bicyclic) bond motifs is 1. The number of rotatable bonds is 6. The summed E-state index contributed by atoms with van der Waals surface area (Å²) >= 11 is 0.873. The molecule has 1 saturated heterocycles. The lowest BCUT2D eigenvalue weighted by atomic mass is 10.1. The first-order chi connectivity index (χ1) is 15.9. The Hall–Kier alpha value is -3.78. The van der Waals surface area contributed by atoms with Gasteiger partial charge in [-0.05, 0) is 57.9 Å². The molecular weight excluding hydrogens is 442 g/mol. The van der Waals surface area contributed by atoms with Crippen molar-refractivity contribution >= 4 is 45.7 Å². The quantitative estimate of drug-likeness (QED) is 0.288. The van der Waals surface area contributed by atoms with Gasteiger partial charge in [0.1, 0.15) is 0 Å². The van der Waals surface area contributed by atoms with E-state index in [2.05, 4.69) is 0 Å². The van der Waals surface area contributed by atoms with E-state index < -0.39 is 5.97 Å². The molecule has 1 heterocycles. The molecule has 0 saturated carbocycles. The minimum atomic E-state index is -0.519. The molecule has 0 aromatic heterocycles. The van der Waals surface area contributed by atoms with Crippen LogP contribution in [-0.2, 0) is 16.1 Å². The SMILES string of the molecule is COc1cc(/C=C2\SC(=O)N(Cc3ccc4ccccc4c3)C2=O)cc(OC)c1OC(C)=O. The van der Waals surface area contributed by atoms with Crippen molar-refractivity contribution in [1.29, 1.82) is 0 Å². The molecule has 0 unspecified atom stereocenters. The van der Waals surface area contributed by atoms with Crippen molar-refractivity contribution in [3.05, 3.63) is 70.6 Å². The molecule has 168 valence electrons. The van der Waals surface area contributed by atoms with E-state index in [1.165, 1.54) is 26.0 Å². The highest BCUT2D eigenvalue weighted by molar-refractivity contribution is 8.18. The molecule has 7 nitrogen and oxygen atoms in total. The summed E-state index contributed by atoms with van der Waals surface area (Å²) in [5.74, 6) is -0.208. The summed E-state index contributed by atoms with van der Waals surface area (Å²) in [6.45, 7) is 1.46. The van der Waals surface area contributed by atoms with Gasteiger partial charge < -0.3 is 14.2 Å². The Bertz CT molecular complexity index is 1270. The van der Waals surface area contributed by atoms with Gasteiger partial charge >= 0.3 is 5.97 Å². The number of ether oxygens (including phenoxy) is 3. The monoisotopic (exact) mass is 463 g/mol. The summed E-state index contributed by atoms with van der Waals surface area (Å²) in [5.41, 5.74) is 1.43. The summed E-state index contributed by atoms with van der Waals surface area (Å²) < 4.78 is 15.8. The van der Waals surface area contributed by atoms with Gasteiger partial charge in [-0.2, -0.15) is 0 Å². The number of amides is 2. The van der Waals surface area contributed by atoms with Crippen LogP contribution in [0.4, 0.5) is 4.79 Å². The molecule has 2 amide bonds. The van der Waals surface area contributed by atoms with Gasteiger partial charge in [-0.25, -0.2) is 0 Å². The van der Waals surface area contributed by atoms with Crippen LogP contribution >= 0.6 is 11.8 Å². The number of methoxy groups -OCH3 is 2. The van der Waals surface area contributed by atoms with Crippen LogP contribution in [0.15, 0.2) is 59.5 Å². The van der Waals surface area contributed by atoms with E-state index >= 15 is 0 Å². The van der Waals surface area contributed by atoms with Crippen LogP contribution in [-0.4, -0.2) is 36.2 Å². The highest BCUT2D eigenvalue weighted by Crippen LogP contribution is 2.41. The second-order valence-electron chi connectivity index (χ2n) is 7.30. The van der Waals surface area contributed by atoms with Gasteiger partial charge in [-0.15, -0.1) is 0 Å². The molecule has 1 aliphatic heterocycles. The fourth-order valence-corrected chi connectivity index (χ4v) is 4.37. The molecule has 0 N–H and O–H groups in total. The van der Waals surface area contributed by atoms with Gasteiger partial charge in [-0.3, -0.25) is 19.3 Å². The zero-order valence-electron chi connectivity index (χ0n) is 18.3. The Morgan fingerprint density at radius 1 is 0.970 bits per heavy atom. The Balaban J connectivity index is 1.61. The molecule has 3 aromatic carbocycles. The number of thioether (sulfide) groups is 1. The maximum Gasteiger partial charge on any atom is 0.308 e. The average molecular weight is 464 g/mol. The number of nitrogens with zero attached hydrogens (tertiary/aromatic N) is 1. The van der Waals surface area contributed by atoms with E-state index in [0.29, 0.717) is 5.56 Å². The molecular formula is C25H21NO6S. The van der Waals surface area contributed by atoms with Crippen molar-refractivity contribution < 1.29 is 28.6 Å². The molecule has 0 radical (unpaired) electrons. The predicted octanol–water partition coefficient (Wildman–Crippen LogP) is 5.02. The van der Waals surface area contributed by atoms with E-state index in [0.717, 1.165) is 28.1 Å². The molecule has 0 atom stereocenters. The first-order valence-electron chi connectivity index (χ1n) is 10.1. The molecule has 3 aromatic rings. The fraction of sp³-hybridized carbons (Fsp3) is 0.160. The summed E-state index contributed by atoms with van der Waals surface area (Å²) in [6.07, 6.45) is 1.59. The molecule has 1 aliphatic rings. The lowest BCUT2D eigenvalue weighted by Gasteiger charge is -2.14. The lowest BCUT2D eigenvalue weighted by molar-refractivity contribution is -0.132. The highest BCUT2D eigenvalue weighted by Gasteiger charge is 2.35. The van der Waals surface area contributed by atoms with Crippen molar-refractivity contribution in [2.75, 3.05) is 14.2 Å². The summed E-state index contributed by atoms with van der Waals surface area (Å²) in [4.78, 5) is 38.5. The van der Waals surface area contributed by atoms with E-state index in [4.69, 9.17) is 14.2 Å². The maximum absolute atomic E-state index is 13.0. The minimum Gasteiger partial charge on any atom is -0.493 e. The highest BCUT2D eigenvalue weighted by atomic mass is 32.2. The van der Waals surface area contributed by atoms with Crippen LogP contribution in [0.2, 0.25) is 0 Å². The summed E-state index contributed by atoms with van der Waals surface area (Å²) in [7, 11) is 2.87. The number of benzene rings is 3. The normalized spacial score (nSPS) is 14.8. The second-order valence-corrected chi connectivity index (χ2v) is 8.29. The molecule has 4 rings (SSSR count). The Morgan fingerprint density at radius 2 is 1.64 bits per heavy atom. The van der Waals surface area contributed by atoms with Gasteiger partial charge in [0.2, 0.25) is 5.75 Å². The van der Waals surface area contributed by atoms with E-state index in [1.807, 2.05) is 42.5 Å². The van der Waals surface area contributed by atoms with Crippen molar-refractivity contribution in [2.24, 2.45) is 0 Å². The molecule has 0 spiro atoms. The number of carbonyl (C=O) groups is 3. The second kappa shape index (κ2) is 9.38. The van der Waals surface area contributed by atoms with Crippen molar-refractivity contribution in [3.63, 3.8) is 0 Å². The smallest absolute Gasteiger partial charge is 0.308 e. The number of carbonyl (C=O) groups excluding carboxylic acids is 3. The van der Waals surface area contributed by atoms with Crippen molar-refractivity contribution in [1.82, 2.24) is 4.90 Å². The van der Waals surface area contributed by atoms with Gasteiger partial charge in [0.15, 0.2) is 11.5 Å². The van der Waals surface area contributed by atoms with Crippen LogP contribution in [0.1, 0.15) is 18.1 Å². The summed E-state index contributed by atoms with van der Waals surface area (Å²) in [5, 5.41) is 1.80. The molecule has 0 bridgehead atoms. The van der Waals surface area contributed by atoms with Crippen LogP contribution in [0, 0.1) is 0 Å². The molecule has 0 aliphatic carbocycles. The van der Waals surface area contributed by atoms with Gasteiger partial charge in [0.25, 0.3) is 11.1 Å². The predicted molar refractivity (Wildman–Crippen MR) is 126 cm³/mol. The zero-order chi connectivity index (χ0) is 23.5. The number of hydrogen-bond donors (Lipinski definition) is 0. The molecule has 8 heteroatoms. The standard InChI is InChI=1S/C25H21NO6S/c1-15(27)32-23-20(30-2)11-17(12-21(23)31-3)13-22-24(28)26(25(29)33-22)14-16-8-9-18-6-4-5-7-19(18)10-16/h4-13H,14H2,1-3H3/b22-13-. The van der Waals surface area contributed by atoms with Crippen LogP contribution < -0.4 is 14.2 Å². The van der Waals surface area contributed by atoms with Crippen LogP contribution in [0.25, 0.3) is 16.8 Å². The third-order valence-electron chi connectivity index (χ3n) is 5.05. The van der Waals surface area contributed by atoms with Crippen LogP contribution in [0.3, 0.4) is 0 Å². The van der Waals surface area contributed by atoms with Gasteiger partial charge in [-0.1, -0.05) is 36.4 Å². The largest absolute Gasteiger partial charge is 0.493 e. The fourth-order valence-electron chi connectivity index (χ4n) is 3.54. The Morgan fingerprint density at radius 3 is 2.27 bits per heavy atom. The van der Waals surface area contributed by atoms with Crippen LogP contribution in [0.5, 0.6) is 17.2 Å². The maximum atomic E-state index is 13.0. The van der Waals surface area contributed by atoms with Gasteiger partial charge in [0, 0.05) is 6.92 Å². The minimum absolute atomic E-state index is 0.147. The topological polar surface area (TPSA) is 82.1 Å². The van der Waals surface area contributed by atoms with Crippen molar-refractivity contribution in [2.45, 2.75) is 13.5 Å². The Kier molecular flexibility index (Phi) is 6.37. The first kappa shape index (κ1) is 22.4. The number of imide groups is 1. The van der Waals surface area contributed by atoms with E-state index in [9.17, 15) is 14.4 Å². The molecule has 33 heavy (non-hydrogen) atoms. The number of esters is 1. The first-order valence-corrected chi connectivity index (χ1v) is 10.9. The number of hydrogen-bond acceptors (Lipinski definition) is 7. The van der Waals surface area contributed by atoms with E-state index in [-0.39, 0.29) is 39.8 Å². The molecule has 1 fully saturated rings. The third-order valence-corrected chi connectivity index (χ3v) is 5.96. The summed E-state index contributed by atoms with van der Waals surface area (Å²) in [6, 6.07) is 17.0. The Labute approximate surface area is 194 Å². The van der Waals surface area contributed by atoms with Gasteiger partial charge in [0.05, 0.1) is 25.7 Å². The lowest BCUT2D eigenvalue weighted by Crippen LogP contribution is -2.27. The third kappa shape index (κ3) is 4.70. The van der Waals surface area contributed by atoms with E-state index in [1.54, 1.807) is 18.2 Å². The zero-order valence-corrected chi connectivity index (χ0v) is 19.1. The average Bonchev–Trinajstić information content (AvgIpc) is 3.06. The van der Waals surface area contributed by atoms with Crippen molar-refractivity contribution in [3.8, 4) is 17.2 Å².